The number of hydrogen-bond donors (Lipinski definition) is 2. The van der Waals surface area contributed by atoms with Crippen molar-refractivity contribution in [2.24, 2.45) is 0 Å². The number of rotatable bonds is 8. The third-order valence-electron chi connectivity index (χ3n) is 2.49. The first-order chi connectivity index (χ1) is 9.17. The third kappa shape index (κ3) is 5.92. The zero-order chi connectivity index (χ0) is 14.1. The molecule has 0 aliphatic carbocycles. The number of nitrogens with one attached hydrogen (secondary N) is 2. The molecule has 0 fully saturated rings. The molecule has 2 N–H and O–H groups in total. The maximum atomic E-state index is 11.6. The van der Waals surface area contributed by atoms with E-state index in [0.717, 1.165) is 5.56 Å². The van der Waals surface area contributed by atoms with Gasteiger partial charge in [0.25, 0.3) is 0 Å². The van der Waals surface area contributed by atoms with Crippen LogP contribution in [0.15, 0.2) is 18.2 Å². The van der Waals surface area contributed by atoms with Gasteiger partial charge in [0, 0.05) is 30.8 Å². The minimum atomic E-state index is -0.0758. The molecule has 1 rings (SSSR count). The highest BCUT2D eigenvalue weighted by molar-refractivity contribution is 6.30. The summed E-state index contributed by atoms with van der Waals surface area (Å²) >= 11 is 5.87. The highest BCUT2D eigenvalue weighted by atomic mass is 35.5. The van der Waals surface area contributed by atoms with Gasteiger partial charge < -0.3 is 20.1 Å². The van der Waals surface area contributed by atoms with E-state index in [1.807, 2.05) is 6.07 Å². The van der Waals surface area contributed by atoms with Crippen molar-refractivity contribution in [1.29, 1.82) is 0 Å². The first-order valence-corrected chi connectivity index (χ1v) is 6.34. The predicted octanol–water partition coefficient (Wildman–Crippen LogP) is 1.20. The molecule has 0 heterocycles. The molecule has 0 aliphatic rings. The molecule has 0 saturated heterocycles. The van der Waals surface area contributed by atoms with Crippen LogP contribution < -0.4 is 15.4 Å². The number of methoxy groups -OCH3 is 2. The normalized spacial score (nSPS) is 10.3. The third-order valence-corrected chi connectivity index (χ3v) is 2.73. The Labute approximate surface area is 118 Å². The fourth-order valence-corrected chi connectivity index (χ4v) is 1.66. The summed E-state index contributed by atoms with van der Waals surface area (Å²) < 4.78 is 10.1. The number of halogens is 1. The lowest BCUT2D eigenvalue weighted by molar-refractivity contribution is -0.120. The molecule has 106 valence electrons. The smallest absolute Gasteiger partial charge is 0.234 e. The molecule has 1 aromatic carbocycles. The second-order valence-corrected chi connectivity index (χ2v) is 4.34. The molecule has 1 aromatic rings. The Hall–Kier alpha value is -1.30. The predicted molar refractivity (Wildman–Crippen MR) is 74.6 cm³/mol. The molecule has 0 aromatic heterocycles. The fourth-order valence-electron chi connectivity index (χ4n) is 1.50. The van der Waals surface area contributed by atoms with Gasteiger partial charge >= 0.3 is 0 Å². The maximum absolute atomic E-state index is 11.6. The zero-order valence-corrected chi connectivity index (χ0v) is 11.9. The van der Waals surface area contributed by atoms with Crippen molar-refractivity contribution in [3.05, 3.63) is 28.8 Å². The molecular weight excluding hydrogens is 268 g/mol. The number of hydrogen-bond acceptors (Lipinski definition) is 4. The molecule has 0 radical (unpaired) electrons. The van der Waals surface area contributed by atoms with E-state index in [4.69, 9.17) is 21.1 Å². The van der Waals surface area contributed by atoms with Crippen molar-refractivity contribution < 1.29 is 14.3 Å². The molecule has 1 amide bonds. The standard InChI is InChI=1S/C13H19ClN2O3/c1-18-6-5-15-9-13(17)16-8-10-3-4-11(14)7-12(10)19-2/h3-4,7,15H,5-6,8-9H2,1-2H3,(H,16,17). The van der Waals surface area contributed by atoms with Crippen LogP contribution in [0.1, 0.15) is 5.56 Å². The van der Waals surface area contributed by atoms with Gasteiger partial charge in [0.1, 0.15) is 5.75 Å². The summed E-state index contributed by atoms with van der Waals surface area (Å²) in [6, 6.07) is 5.32. The van der Waals surface area contributed by atoms with Crippen LogP contribution in [0.4, 0.5) is 0 Å². The molecular formula is C13H19ClN2O3. The second-order valence-electron chi connectivity index (χ2n) is 3.90. The SMILES string of the molecule is COCCNCC(=O)NCc1ccc(Cl)cc1OC. The number of carbonyl (C=O) groups excluding carboxylic acids is 1. The molecule has 0 atom stereocenters. The van der Waals surface area contributed by atoms with Crippen LogP contribution in [0.3, 0.4) is 0 Å². The van der Waals surface area contributed by atoms with Gasteiger partial charge in [-0.05, 0) is 12.1 Å². The summed E-state index contributed by atoms with van der Waals surface area (Å²) in [6.45, 7) is 1.90. The lowest BCUT2D eigenvalue weighted by Crippen LogP contribution is -2.34. The van der Waals surface area contributed by atoms with Crippen molar-refractivity contribution in [3.63, 3.8) is 0 Å². The monoisotopic (exact) mass is 286 g/mol. The summed E-state index contributed by atoms with van der Waals surface area (Å²) in [5, 5.41) is 6.38. The highest BCUT2D eigenvalue weighted by Crippen LogP contribution is 2.22. The highest BCUT2D eigenvalue weighted by Gasteiger charge is 2.06. The van der Waals surface area contributed by atoms with Crippen LogP contribution in [0.2, 0.25) is 5.02 Å². The summed E-state index contributed by atoms with van der Waals surface area (Å²) in [5.41, 5.74) is 0.886. The van der Waals surface area contributed by atoms with E-state index in [1.54, 1.807) is 26.4 Å². The molecule has 0 spiro atoms. The molecule has 0 saturated carbocycles. The molecule has 5 nitrogen and oxygen atoms in total. The van der Waals surface area contributed by atoms with Gasteiger partial charge in [-0.2, -0.15) is 0 Å². The van der Waals surface area contributed by atoms with Crippen LogP contribution in [0, 0.1) is 0 Å². The van der Waals surface area contributed by atoms with Gasteiger partial charge in [-0.15, -0.1) is 0 Å². The minimum Gasteiger partial charge on any atom is -0.496 e. The Kier molecular flexibility index (Phi) is 7.25. The Balaban J connectivity index is 2.37. The summed E-state index contributed by atoms with van der Waals surface area (Å²) in [7, 11) is 3.19. The van der Waals surface area contributed by atoms with E-state index in [-0.39, 0.29) is 12.5 Å². The van der Waals surface area contributed by atoms with E-state index in [9.17, 15) is 4.79 Å². The van der Waals surface area contributed by atoms with Gasteiger partial charge in [-0.1, -0.05) is 17.7 Å². The summed E-state index contributed by atoms with van der Waals surface area (Å²) in [6.07, 6.45) is 0. The molecule has 0 aliphatic heterocycles. The van der Waals surface area contributed by atoms with Crippen molar-refractivity contribution >= 4 is 17.5 Å². The largest absolute Gasteiger partial charge is 0.496 e. The van der Waals surface area contributed by atoms with Crippen LogP contribution in [-0.4, -0.2) is 39.8 Å². The Morgan fingerprint density at radius 3 is 2.84 bits per heavy atom. The Morgan fingerprint density at radius 1 is 1.37 bits per heavy atom. The zero-order valence-electron chi connectivity index (χ0n) is 11.2. The molecule has 0 unspecified atom stereocenters. The van der Waals surface area contributed by atoms with Crippen LogP contribution in [0.25, 0.3) is 0 Å². The minimum absolute atomic E-state index is 0.0758. The average Bonchev–Trinajstić information content (AvgIpc) is 2.42. The van der Waals surface area contributed by atoms with Crippen molar-refractivity contribution in [1.82, 2.24) is 10.6 Å². The lowest BCUT2D eigenvalue weighted by atomic mass is 10.2. The first-order valence-electron chi connectivity index (χ1n) is 5.96. The van der Waals surface area contributed by atoms with Gasteiger partial charge in [0.15, 0.2) is 0 Å². The lowest BCUT2D eigenvalue weighted by Gasteiger charge is -2.10. The molecule has 0 bridgehead atoms. The average molecular weight is 287 g/mol. The van der Waals surface area contributed by atoms with E-state index in [1.165, 1.54) is 0 Å². The first kappa shape index (κ1) is 15.8. The quantitative estimate of drug-likeness (QED) is 0.705. The van der Waals surface area contributed by atoms with Crippen molar-refractivity contribution in [2.75, 3.05) is 33.9 Å². The summed E-state index contributed by atoms with van der Waals surface area (Å²) in [5.74, 6) is 0.591. The maximum Gasteiger partial charge on any atom is 0.234 e. The van der Waals surface area contributed by atoms with E-state index in [2.05, 4.69) is 10.6 Å². The number of carbonyl (C=O) groups is 1. The van der Waals surface area contributed by atoms with Crippen LogP contribution in [-0.2, 0) is 16.1 Å². The van der Waals surface area contributed by atoms with Crippen LogP contribution in [0.5, 0.6) is 5.75 Å². The van der Waals surface area contributed by atoms with Crippen molar-refractivity contribution in [2.45, 2.75) is 6.54 Å². The van der Waals surface area contributed by atoms with E-state index in [0.29, 0.717) is 30.5 Å². The molecule has 6 heteroatoms. The van der Waals surface area contributed by atoms with Gasteiger partial charge in [0.2, 0.25) is 5.91 Å². The van der Waals surface area contributed by atoms with E-state index >= 15 is 0 Å². The topological polar surface area (TPSA) is 59.6 Å². The number of benzene rings is 1. The van der Waals surface area contributed by atoms with E-state index < -0.39 is 0 Å². The van der Waals surface area contributed by atoms with Gasteiger partial charge in [0.05, 0.1) is 20.3 Å². The van der Waals surface area contributed by atoms with Gasteiger partial charge in [-0.3, -0.25) is 4.79 Å². The summed E-state index contributed by atoms with van der Waals surface area (Å²) in [4.78, 5) is 11.6. The van der Waals surface area contributed by atoms with Crippen molar-refractivity contribution in [3.8, 4) is 5.75 Å². The fraction of sp³-hybridized carbons (Fsp3) is 0.462. The second kappa shape index (κ2) is 8.74. The number of amides is 1. The van der Waals surface area contributed by atoms with Crippen LogP contribution >= 0.6 is 11.6 Å². The Bertz CT molecular complexity index is 413. The number of ether oxygens (including phenoxy) is 2. The Morgan fingerprint density at radius 2 is 2.16 bits per heavy atom. The van der Waals surface area contributed by atoms with Gasteiger partial charge in [-0.25, -0.2) is 0 Å². The molecule has 19 heavy (non-hydrogen) atoms.